The first-order valence-corrected chi connectivity index (χ1v) is 14.8. The van der Waals surface area contributed by atoms with Gasteiger partial charge in [0.1, 0.15) is 11.4 Å². The zero-order valence-electron chi connectivity index (χ0n) is 24.4. The largest absolute Gasteiger partial charge is 0.478 e. The van der Waals surface area contributed by atoms with E-state index in [0.717, 1.165) is 38.0 Å². The molecule has 0 unspecified atom stereocenters. The van der Waals surface area contributed by atoms with Gasteiger partial charge in [0.25, 0.3) is 5.91 Å². The van der Waals surface area contributed by atoms with Crippen LogP contribution in [0.1, 0.15) is 94.8 Å². The minimum absolute atomic E-state index is 0.0510. The molecule has 1 atom stereocenters. The third-order valence-corrected chi connectivity index (χ3v) is 8.14. The van der Waals surface area contributed by atoms with Crippen molar-refractivity contribution in [3.63, 3.8) is 0 Å². The monoisotopic (exact) mass is 585 g/mol. The lowest BCUT2D eigenvalue weighted by Crippen LogP contribution is -2.55. The Morgan fingerprint density at radius 3 is 2.05 bits per heavy atom. The minimum atomic E-state index is -0.971. The van der Waals surface area contributed by atoms with Crippen LogP contribution in [0.4, 0.5) is 0 Å². The highest BCUT2D eigenvalue weighted by Crippen LogP contribution is 2.45. The molecule has 0 radical (unpaired) electrons. The Morgan fingerprint density at radius 1 is 0.975 bits per heavy atom. The lowest BCUT2D eigenvalue weighted by molar-refractivity contribution is -0.134. The van der Waals surface area contributed by atoms with E-state index in [2.05, 4.69) is 46.4 Å². The third-order valence-electron chi connectivity index (χ3n) is 7.70. The number of nitrogens with zero attached hydrogens (tertiary/aromatic N) is 3. The van der Waals surface area contributed by atoms with Crippen LogP contribution >= 0.6 is 23.2 Å². The maximum Gasteiger partial charge on any atom is 0.335 e. The molecule has 2 aromatic carbocycles. The Bertz CT molecular complexity index is 1260. The van der Waals surface area contributed by atoms with Gasteiger partial charge in [0.15, 0.2) is 0 Å². The molecule has 8 heteroatoms. The van der Waals surface area contributed by atoms with Crippen LogP contribution in [-0.2, 0) is 4.79 Å². The van der Waals surface area contributed by atoms with Crippen molar-refractivity contribution in [2.75, 3.05) is 19.6 Å². The Morgan fingerprint density at radius 2 is 1.55 bits per heavy atom. The van der Waals surface area contributed by atoms with Crippen molar-refractivity contribution in [3.05, 3.63) is 69.2 Å². The van der Waals surface area contributed by atoms with Gasteiger partial charge in [-0.05, 0) is 59.6 Å². The van der Waals surface area contributed by atoms with Crippen molar-refractivity contribution in [1.29, 1.82) is 0 Å². The summed E-state index contributed by atoms with van der Waals surface area (Å²) < 4.78 is 0. The predicted molar refractivity (Wildman–Crippen MR) is 163 cm³/mol. The molecular weight excluding hydrogens is 545 g/mol. The van der Waals surface area contributed by atoms with Crippen LogP contribution in [0.25, 0.3) is 0 Å². The van der Waals surface area contributed by atoms with Crippen molar-refractivity contribution < 1.29 is 14.7 Å². The first-order valence-electron chi connectivity index (χ1n) is 14.0. The summed E-state index contributed by atoms with van der Waals surface area (Å²) >= 11 is 12.7. The smallest absolute Gasteiger partial charge is 0.335 e. The van der Waals surface area contributed by atoms with Crippen molar-refractivity contribution in [2.24, 2.45) is 15.8 Å². The Balaban J connectivity index is 1.79. The second-order valence-corrected chi connectivity index (χ2v) is 14.5. The van der Waals surface area contributed by atoms with Gasteiger partial charge in [0.2, 0.25) is 0 Å². The molecule has 0 aliphatic carbocycles. The summed E-state index contributed by atoms with van der Waals surface area (Å²) in [4.78, 5) is 35.7. The molecule has 1 fully saturated rings. The number of amides is 1. The van der Waals surface area contributed by atoms with Gasteiger partial charge in [-0.15, -0.1) is 0 Å². The molecule has 1 N–H and O–H groups in total. The van der Waals surface area contributed by atoms with E-state index in [4.69, 9.17) is 28.2 Å². The first kappa shape index (κ1) is 30.5. The van der Waals surface area contributed by atoms with Crippen molar-refractivity contribution in [3.8, 4) is 0 Å². The van der Waals surface area contributed by atoms with Gasteiger partial charge in [0.05, 0.1) is 11.6 Å². The van der Waals surface area contributed by atoms with E-state index in [1.807, 2.05) is 17.0 Å². The van der Waals surface area contributed by atoms with E-state index < -0.39 is 11.6 Å². The van der Waals surface area contributed by atoms with E-state index in [0.29, 0.717) is 34.2 Å². The van der Waals surface area contributed by atoms with Crippen LogP contribution in [0.2, 0.25) is 10.0 Å². The standard InChI is InChI=1S/C32H41Cl2N3O3/c1-30(2,3)12-11-26(21-7-9-22(10-8-21)29(39)40)37-28(38)27(23-17-24(33)19-25(34)18-23)35-32(37)13-15-36(16-14-32)20-31(4,5)6/h7-10,17-19,26H,11-16,20H2,1-6H3,(H,39,40)/t26-/m1/s1. The second-order valence-electron chi connectivity index (χ2n) is 13.7. The second kappa shape index (κ2) is 11.5. The lowest BCUT2D eigenvalue weighted by atomic mass is 9.84. The van der Waals surface area contributed by atoms with Crippen molar-refractivity contribution in [2.45, 2.75) is 78.9 Å². The molecule has 1 saturated heterocycles. The molecule has 6 nitrogen and oxygen atoms in total. The Kier molecular flexibility index (Phi) is 8.75. The Hall–Kier alpha value is -2.41. The molecule has 1 spiro atoms. The molecule has 40 heavy (non-hydrogen) atoms. The van der Waals surface area contributed by atoms with Crippen LogP contribution < -0.4 is 0 Å². The summed E-state index contributed by atoms with van der Waals surface area (Å²) in [6, 6.07) is 11.8. The van der Waals surface area contributed by atoms with E-state index in [1.54, 1.807) is 30.3 Å². The number of carboxylic acids is 1. The number of aromatic carboxylic acids is 1. The van der Waals surface area contributed by atoms with Crippen LogP contribution in [0, 0.1) is 10.8 Å². The summed E-state index contributed by atoms with van der Waals surface area (Å²) in [6.07, 6.45) is 3.04. The normalized spacial score (nSPS) is 18.8. The summed E-state index contributed by atoms with van der Waals surface area (Å²) in [7, 11) is 0. The number of carboxylic acid groups (broad SMARTS) is 1. The molecule has 0 saturated carbocycles. The molecule has 4 rings (SSSR count). The third kappa shape index (κ3) is 7.07. The maximum atomic E-state index is 14.4. The number of carbonyl (C=O) groups is 2. The molecule has 2 heterocycles. The molecule has 0 aromatic heterocycles. The summed E-state index contributed by atoms with van der Waals surface area (Å²) in [5, 5.41) is 10.4. The summed E-state index contributed by atoms with van der Waals surface area (Å²) in [5.74, 6) is -1.11. The highest BCUT2D eigenvalue weighted by atomic mass is 35.5. The maximum absolute atomic E-state index is 14.4. The number of rotatable bonds is 7. The Labute approximate surface area is 248 Å². The first-order chi connectivity index (χ1) is 18.6. The molecular formula is C32H41Cl2N3O3. The number of hydrogen-bond donors (Lipinski definition) is 1. The highest BCUT2D eigenvalue weighted by molar-refractivity contribution is 6.47. The molecule has 2 aliphatic heterocycles. The topological polar surface area (TPSA) is 73.2 Å². The summed E-state index contributed by atoms with van der Waals surface area (Å²) in [5.41, 5.74) is 1.66. The number of likely N-dealkylation sites (tertiary alicyclic amines) is 1. The molecule has 0 bridgehead atoms. The van der Waals surface area contributed by atoms with E-state index in [1.165, 1.54) is 0 Å². The number of carbonyl (C=O) groups excluding carboxylic acids is 1. The number of piperidine rings is 1. The number of benzene rings is 2. The fourth-order valence-electron chi connectivity index (χ4n) is 5.88. The molecule has 216 valence electrons. The van der Waals surface area contributed by atoms with E-state index in [9.17, 15) is 14.7 Å². The zero-order chi connectivity index (χ0) is 29.5. The molecule has 2 aromatic rings. The number of halogens is 2. The van der Waals surface area contributed by atoms with Crippen LogP contribution in [0.3, 0.4) is 0 Å². The van der Waals surface area contributed by atoms with Crippen LogP contribution in [-0.4, -0.2) is 57.8 Å². The van der Waals surface area contributed by atoms with Gasteiger partial charge >= 0.3 is 5.97 Å². The van der Waals surface area contributed by atoms with Crippen molar-refractivity contribution in [1.82, 2.24) is 9.80 Å². The average molecular weight is 587 g/mol. The fourth-order valence-corrected chi connectivity index (χ4v) is 6.40. The highest BCUT2D eigenvalue weighted by Gasteiger charge is 2.52. The lowest BCUT2D eigenvalue weighted by Gasteiger charge is -2.47. The minimum Gasteiger partial charge on any atom is -0.478 e. The van der Waals surface area contributed by atoms with Crippen LogP contribution in [0.5, 0.6) is 0 Å². The van der Waals surface area contributed by atoms with Gasteiger partial charge in [-0.25, -0.2) is 4.79 Å². The number of aliphatic imine (C=N–C) groups is 1. The fraction of sp³-hybridized carbons (Fsp3) is 0.531. The van der Waals surface area contributed by atoms with Gasteiger partial charge < -0.3 is 14.9 Å². The SMILES string of the molecule is CC(C)(C)CC[C@H](c1ccc(C(=O)O)cc1)N1C(=O)C(c2cc(Cl)cc(Cl)c2)=NC12CCN(CC(C)(C)C)CC2. The van der Waals surface area contributed by atoms with E-state index in [-0.39, 0.29) is 28.3 Å². The van der Waals surface area contributed by atoms with Gasteiger partial charge in [0, 0.05) is 48.1 Å². The van der Waals surface area contributed by atoms with E-state index >= 15 is 0 Å². The van der Waals surface area contributed by atoms with Gasteiger partial charge in [-0.1, -0.05) is 76.9 Å². The molecule has 1 amide bonds. The molecule has 2 aliphatic rings. The van der Waals surface area contributed by atoms with Crippen LogP contribution in [0.15, 0.2) is 47.5 Å². The van der Waals surface area contributed by atoms with Gasteiger partial charge in [-0.3, -0.25) is 9.79 Å². The zero-order valence-corrected chi connectivity index (χ0v) is 25.9. The average Bonchev–Trinajstić information content (AvgIpc) is 3.11. The number of hydrogen-bond acceptors (Lipinski definition) is 4. The summed E-state index contributed by atoms with van der Waals surface area (Å²) in [6.45, 7) is 15.9. The quantitative estimate of drug-likeness (QED) is 0.361. The van der Waals surface area contributed by atoms with Crippen molar-refractivity contribution >= 4 is 40.8 Å². The van der Waals surface area contributed by atoms with Gasteiger partial charge in [-0.2, -0.15) is 0 Å². The predicted octanol–water partition coefficient (Wildman–Crippen LogP) is 7.73.